The van der Waals surface area contributed by atoms with Crippen LogP contribution >= 0.6 is 0 Å². The average molecular weight is 519 g/mol. The lowest BCUT2D eigenvalue weighted by molar-refractivity contribution is -0.128. The predicted octanol–water partition coefficient (Wildman–Crippen LogP) is 4.04. The van der Waals surface area contributed by atoms with Gasteiger partial charge in [-0.05, 0) is 66.3 Å². The second kappa shape index (κ2) is 11.1. The Morgan fingerprint density at radius 3 is 3.00 bits per heavy atom. The Labute approximate surface area is 224 Å². The van der Waals surface area contributed by atoms with Crippen LogP contribution in [0.4, 0.5) is 0 Å². The van der Waals surface area contributed by atoms with E-state index in [1.807, 2.05) is 23.1 Å². The van der Waals surface area contributed by atoms with Crippen molar-refractivity contribution in [3.8, 4) is 5.75 Å². The van der Waals surface area contributed by atoms with Gasteiger partial charge in [0, 0.05) is 44.6 Å². The minimum atomic E-state index is -0.443. The molecule has 0 spiro atoms. The first-order valence-corrected chi connectivity index (χ1v) is 14.0. The number of likely N-dealkylation sites (tertiary alicyclic amines) is 1. The van der Waals surface area contributed by atoms with E-state index in [-0.39, 0.29) is 18.8 Å². The maximum atomic E-state index is 13.4. The number of rotatable bonds is 7. The van der Waals surface area contributed by atoms with E-state index in [4.69, 9.17) is 14.2 Å². The van der Waals surface area contributed by atoms with Crippen molar-refractivity contribution in [1.29, 1.82) is 0 Å². The molecule has 6 rings (SSSR count). The van der Waals surface area contributed by atoms with Crippen molar-refractivity contribution in [3.05, 3.63) is 64.9 Å². The van der Waals surface area contributed by atoms with E-state index in [9.17, 15) is 9.90 Å². The number of carbonyl (C=O) groups is 1. The lowest BCUT2D eigenvalue weighted by atomic mass is 9.88. The molecule has 1 aliphatic carbocycles. The van der Waals surface area contributed by atoms with Crippen LogP contribution in [-0.2, 0) is 20.7 Å². The molecule has 1 amide bonds. The second-order valence-electron chi connectivity index (χ2n) is 11.2. The summed E-state index contributed by atoms with van der Waals surface area (Å²) < 4.78 is 16.6. The van der Waals surface area contributed by atoms with Crippen LogP contribution in [0.2, 0.25) is 0 Å². The summed E-state index contributed by atoms with van der Waals surface area (Å²) in [6, 6.07) is 12.4. The fourth-order valence-corrected chi connectivity index (χ4v) is 6.59. The summed E-state index contributed by atoms with van der Waals surface area (Å²) in [6.45, 7) is 4.40. The molecule has 2 aromatic rings. The monoisotopic (exact) mass is 518 g/mol. The van der Waals surface area contributed by atoms with Crippen LogP contribution in [0, 0.1) is 5.92 Å². The predicted molar refractivity (Wildman–Crippen MR) is 146 cm³/mol. The lowest BCUT2D eigenvalue weighted by Crippen LogP contribution is -2.44. The number of β-amino-alcohol motifs (C(OH)–C–C–N with tert-alkyl or cyclic N) is 1. The summed E-state index contributed by atoms with van der Waals surface area (Å²) in [6.07, 6.45) is 7.19. The molecule has 202 valence electrons. The summed E-state index contributed by atoms with van der Waals surface area (Å²) in [5.41, 5.74) is 3.19. The standard InChI is InChI=1S/C31H38N2O5/c1-36-26-8-9-27-22(6-4-7-23(27)14-26)13-25(34)19-32-11-3-2-5-21(17-32)18-33-12-10-24-15-29-30(38-20-37-29)16-28(24)31(33)35/h4,6-9,14,16,21,25,29,34H,2-3,5,10-13,15,17-20H2,1H3. The molecule has 3 unspecified atom stereocenters. The van der Waals surface area contributed by atoms with Crippen LogP contribution in [0.3, 0.4) is 0 Å². The number of carbonyl (C=O) groups excluding carboxylic acids is 1. The summed E-state index contributed by atoms with van der Waals surface area (Å²) in [4.78, 5) is 17.8. The Balaban J connectivity index is 1.07. The quantitative estimate of drug-likeness (QED) is 0.597. The number of methoxy groups -OCH3 is 1. The van der Waals surface area contributed by atoms with Gasteiger partial charge in [-0.2, -0.15) is 0 Å². The smallest absolute Gasteiger partial charge is 0.253 e. The fourth-order valence-electron chi connectivity index (χ4n) is 6.59. The highest BCUT2D eigenvalue weighted by molar-refractivity contribution is 5.98. The van der Waals surface area contributed by atoms with Crippen molar-refractivity contribution in [2.75, 3.05) is 46.6 Å². The van der Waals surface area contributed by atoms with Crippen LogP contribution in [0.1, 0.15) is 37.7 Å². The third-order valence-electron chi connectivity index (χ3n) is 8.55. The van der Waals surface area contributed by atoms with E-state index < -0.39 is 6.10 Å². The summed E-state index contributed by atoms with van der Waals surface area (Å²) in [5, 5.41) is 13.4. The average Bonchev–Trinajstić information content (AvgIpc) is 3.27. The van der Waals surface area contributed by atoms with Crippen LogP contribution in [0.5, 0.6) is 5.75 Å². The minimum Gasteiger partial charge on any atom is -0.497 e. The first kappa shape index (κ1) is 25.4. The van der Waals surface area contributed by atoms with Crippen LogP contribution in [-0.4, -0.2) is 79.6 Å². The number of nitrogens with zero attached hydrogens (tertiary/aromatic N) is 2. The molecule has 0 bridgehead atoms. The van der Waals surface area contributed by atoms with E-state index in [1.165, 1.54) is 5.57 Å². The Kier molecular flexibility index (Phi) is 7.41. The second-order valence-corrected chi connectivity index (χ2v) is 11.2. The number of amides is 1. The van der Waals surface area contributed by atoms with E-state index in [2.05, 4.69) is 29.2 Å². The van der Waals surface area contributed by atoms with Gasteiger partial charge in [-0.15, -0.1) is 0 Å². The Morgan fingerprint density at radius 2 is 2.11 bits per heavy atom. The van der Waals surface area contributed by atoms with E-state index in [1.54, 1.807) is 7.11 Å². The summed E-state index contributed by atoms with van der Waals surface area (Å²) in [7, 11) is 1.68. The zero-order chi connectivity index (χ0) is 26.1. The number of ether oxygens (including phenoxy) is 3. The number of hydrogen-bond donors (Lipinski definition) is 1. The van der Waals surface area contributed by atoms with Crippen molar-refractivity contribution in [3.63, 3.8) is 0 Å². The van der Waals surface area contributed by atoms with E-state index >= 15 is 0 Å². The van der Waals surface area contributed by atoms with Gasteiger partial charge in [-0.25, -0.2) is 0 Å². The van der Waals surface area contributed by atoms with Gasteiger partial charge in [-0.1, -0.05) is 36.3 Å². The molecule has 7 heteroatoms. The summed E-state index contributed by atoms with van der Waals surface area (Å²) >= 11 is 0. The maximum absolute atomic E-state index is 13.4. The Morgan fingerprint density at radius 1 is 1.18 bits per heavy atom. The van der Waals surface area contributed by atoms with E-state index in [0.717, 1.165) is 91.7 Å². The van der Waals surface area contributed by atoms with E-state index in [0.29, 0.717) is 18.9 Å². The highest BCUT2D eigenvalue weighted by Crippen LogP contribution is 2.36. The van der Waals surface area contributed by atoms with Crippen molar-refractivity contribution in [2.45, 2.75) is 50.7 Å². The highest BCUT2D eigenvalue weighted by atomic mass is 16.7. The summed E-state index contributed by atoms with van der Waals surface area (Å²) in [5.74, 6) is 2.20. The number of hydrogen-bond acceptors (Lipinski definition) is 6. The topological polar surface area (TPSA) is 71.5 Å². The number of aliphatic hydroxyl groups excluding tert-OH is 1. The van der Waals surface area contributed by atoms with Gasteiger partial charge in [0.1, 0.15) is 17.6 Å². The number of aliphatic hydroxyl groups is 1. The van der Waals surface area contributed by atoms with Crippen molar-refractivity contribution in [1.82, 2.24) is 9.80 Å². The molecule has 3 heterocycles. The molecule has 0 saturated carbocycles. The molecule has 2 aromatic carbocycles. The first-order chi connectivity index (χ1) is 18.6. The van der Waals surface area contributed by atoms with Gasteiger partial charge in [0.15, 0.2) is 6.79 Å². The maximum Gasteiger partial charge on any atom is 0.253 e. The molecule has 38 heavy (non-hydrogen) atoms. The van der Waals surface area contributed by atoms with Crippen LogP contribution in [0.25, 0.3) is 10.8 Å². The normalized spacial score (nSPS) is 24.9. The highest BCUT2D eigenvalue weighted by Gasteiger charge is 2.36. The zero-order valence-electron chi connectivity index (χ0n) is 22.2. The number of benzene rings is 2. The number of fused-ring (bicyclic) bond motifs is 2. The third-order valence-corrected chi connectivity index (χ3v) is 8.55. The van der Waals surface area contributed by atoms with Gasteiger partial charge >= 0.3 is 0 Å². The van der Waals surface area contributed by atoms with Crippen LogP contribution < -0.4 is 4.74 Å². The largest absolute Gasteiger partial charge is 0.497 e. The molecular formula is C31H38N2O5. The van der Waals surface area contributed by atoms with Gasteiger partial charge in [0.2, 0.25) is 0 Å². The zero-order valence-corrected chi connectivity index (χ0v) is 22.2. The Bertz CT molecular complexity index is 1250. The molecular weight excluding hydrogens is 480 g/mol. The molecule has 0 aromatic heterocycles. The lowest BCUT2D eigenvalue weighted by Gasteiger charge is -2.35. The van der Waals surface area contributed by atoms with Crippen molar-refractivity contribution >= 4 is 16.7 Å². The third kappa shape index (κ3) is 5.33. The molecule has 0 radical (unpaired) electrons. The first-order valence-electron chi connectivity index (χ1n) is 14.0. The molecule has 2 fully saturated rings. The molecule has 1 N–H and O–H groups in total. The van der Waals surface area contributed by atoms with Gasteiger partial charge < -0.3 is 29.1 Å². The molecule has 3 aliphatic heterocycles. The van der Waals surface area contributed by atoms with Gasteiger partial charge in [-0.3, -0.25) is 4.79 Å². The minimum absolute atomic E-state index is 0.00773. The fraction of sp³-hybridized carbons (Fsp3) is 0.516. The van der Waals surface area contributed by atoms with Crippen molar-refractivity contribution < 1.29 is 24.1 Å². The van der Waals surface area contributed by atoms with Crippen molar-refractivity contribution in [2.24, 2.45) is 5.92 Å². The molecule has 7 nitrogen and oxygen atoms in total. The molecule has 3 atom stereocenters. The Hall–Kier alpha value is -2.87. The molecule has 2 saturated heterocycles. The van der Waals surface area contributed by atoms with Crippen LogP contribution in [0.15, 0.2) is 59.4 Å². The van der Waals surface area contributed by atoms with Gasteiger partial charge in [0.05, 0.1) is 13.2 Å². The molecule has 4 aliphatic rings. The SMILES string of the molecule is COc1ccc2c(CC(O)CN3CCCCC(CN4CCC5=C(C=C6OCOC6C5)C4=O)C3)cccc2c1. The van der Waals surface area contributed by atoms with Gasteiger partial charge in [0.25, 0.3) is 5.91 Å².